The summed E-state index contributed by atoms with van der Waals surface area (Å²) < 4.78 is 0.947. The molecule has 0 saturated heterocycles. The van der Waals surface area contributed by atoms with Crippen molar-refractivity contribution in [3.63, 3.8) is 0 Å². The molecule has 1 saturated carbocycles. The highest BCUT2D eigenvalue weighted by Gasteiger charge is 2.51. The monoisotopic (exact) mass is 283 g/mol. The third-order valence-corrected chi connectivity index (χ3v) is 3.78. The molecule has 0 atom stereocenters. The Morgan fingerprint density at radius 2 is 2.06 bits per heavy atom. The van der Waals surface area contributed by atoms with Gasteiger partial charge in [-0.15, -0.1) is 0 Å². The van der Waals surface area contributed by atoms with E-state index in [9.17, 15) is 9.90 Å². The smallest absolute Gasteiger partial charge is 0.314 e. The summed E-state index contributed by atoms with van der Waals surface area (Å²) in [6.45, 7) is 0. The van der Waals surface area contributed by atoms with Gasteiger partial charge in [0.15, 0.2) is 0 Å². The molecule has 0 heterocycles. The molecule has 0 aromatic heterocycles. The molecule has 0 radical (unpaired) electrons. The Labute approximate surface area is 103 Å². The minimum absolute atomic E-state index is 0.618. The Morgan fingerprint density at radius 1 is 1.44 bits per heavy atom. The number of halogens is 1. The van der Waals surface area contributed by atoms with Gasteiger partial charge in [0.05, 0.1) is 11.1 Å². The minimum atomic E-state index is -0.711. The lowest BCUT2D eigenvalue weighted by Crippen LogP contribution is -2.19. The molecule has 4 heteroatoms. The van der Waals surface area contributed by atoms with Crippen molar-refractivity contribution in [2.24, 2.45) is 0 Å². The highest BCUT2D eigenvalue weighted by Crippen LogP contribution is 2.49. The van der Waals surface area contributed by atoms with Gasteiger partial charge in [-0.3, -0.25) is 4.79 Å². The quantitative estimate of drug-likeness (QED) is 0.927. The van der Waals surface area contributed by atoms with Gasteiger partial charge in [0, 0.05) is 18.6 Å². The number of carbonyl (C=O) groups is 1. The molecule has 0 amide bonds. The first-order valence-electron chi connectivity index (χ1n) is 5.18. The van der Waals surface area contributed by atoms with Crippen molar-refractivity contribution in [2.75, 3.05) is 19.0 Å². The number of aliphatic carboxylic acids is 1. The van der Waals surface area contributed by atoms with Gasteiger partial charge in [-0.2, -0.15) is 0 Å². The van der Waals surface area contributed by atoms with Gasteiger partial charge in [-0.25, -0.2) is 0 Å². The van der Waals surface area contributed by atoms with E-state index >= 15 is 0 Å². The van der Waals surface area contributed by atoms with Gasteiger partial charge in [0.1, 0.15) is 0 Å². The molecule has 16 heavy (non-hydrogen) atoms. The van der Waals surface area contributed by atoms with Crippen molar-refractivity contribution in [1.82, 2.24) is 0 Å². The zero-order valence-corrected chi connectivity index (χ0v) is 10.9. The van der Waals surface area contributed by atoms with Crippen LogP contribution in [0.25, 0.3) is 0 Å². The molecule has 1 N–H and O–H groups in total. The zero-order valence-electron chi connectivity index (χ0n) is 9.33. The van der Waals surface area contributed by atoms with Gasteiger partial charge in [-0.05, 0) is 46.5 Å². The van der Waals surface area contributed by atoms with Crippen molar-refractivity contribution >= 4 is 27.6 Å². The number of carboxylic acids is 1. The predicted molar refractivity (Wildman–Crippen MR) is 67.0 cm³/mol. The summed E-state index contributed by atoms with van der Waals surface area (Å²) in [6.07, 6.45) is 1.49. The van der Waals surface area contributed by atoms with Crippen LogP contribution < -0.4 is 4.90 Å². The Bertz CT molecular complexity index is 439. The molecular formula is C12H14BrNO2. The van der Waals surface area contributed by atoms with E-state index in [1.54, 1.807) is 0 Å². The molecule has 1 aromatic carbocycles. The lowest BCUT2D eigenvalue weighted by atomic mass is 9.96. The van der Waals surface area contributed by atoms with Crippen molar-refractivity contribution in [3.05, 3.63) is 28.2 Å². The number of nitrogens with zero attached hydrogens (tertiary/aromatic N) is 1. The van der Waals surface area contributed by atoms with E-state index in [1.807, 2.05) is 37.2 Å². The van der Waals surface area contributed by atoms with Crippen molar-refractivity contribution in [2.45, 2.75) is 18.3 Å². The number of benzene rings is 1. The highest BCUT2D eigenvalue weighted by atomic mass is 79.9. The molecule has 3 nitrogen and oxygen atoms in total. The van der Waals surface area contributed by atoms with Crippen LogP contribution in [0, 0.1) is 0 Å². The molecule has 1 aliphatic carbocycles. The molecule has 1 aliphatic rings. The normalized spacial score (nSPS) is 16.9. The van der Waals surface area contributed by atoms with Crippen molar-refractivity contribution in [1.29, 1.82) is 0 Å². The Balaban J connectivity index is 2.39. The van der Waals surface area contributed by atoms with Gasteiger partial charge >= 0.3 is 5.97 Å². The fourth-order valence-corrected chi connectivity index (χ4v) is 2.65. The maximum absolute atomic E-state index is 11.2. The van der Waals surface area contributed by atoms with Gasteiger partial charge in [0.25, 0.3) is 0 Å². The van der Waals surface area contributed by atoms with E-state index in [-0.39, 0.29) is 0 Å². The molecule has 0 spiro atoms. The topological polar surface area (TPSA) is 40.5 Å². The van der Waals surface area contributed by atoms with Crippen molar-refractivity contribution in [3.8, 4) is 0 Å². The van der Waals surface area contributed by atoms with E-state index in [0.717, 1.165) is 28.6 Å². The molecule has 86 valence electrons. The summed E-state index contributed by atoms with van der Waals surface area (Å²) in [7, 11) is 3.92. The first-order chi connectivity index (χ1) is 7.47. The average molecular weight is 284 g/mol. The Morgan fingerprint density at radius 3 is 2.44 bits per heavy atom. The summed E-state index contributed by atoms with van der Waals surface area (Å²) in [5.41, 5.74) is 1.34. The van der Waals surface area contributed by atoms with E-state index in [1.165, 1.54) is 0 Å². The number of hydrogen-bond acceptors (Lipinski definition) is 2. The first kappa shape index (κ1) is 11.5. The standard InChI is InChI=1S/C12H14BrNO2/c1-14(2)10-4-3-8(7-9(10)13)12(5-6-12)11(15)16/h3-4,7H,5-6H2,1-2H3,(H,15,16). The van der Waals surface area contributed by atoms with Crippen molar-refractivity contribution < 1.29 is 9.90 Å². The fourth-order valence-electron chi connectivity index (χ4n) is 1.92. The molecule has 1 fully saturated rings. The molecule has 2 rings (SSSR count). The second-order valence-electron chi connectivity index (χ2n) is 4.45. The van der Waals surface area contributed by atoms with E-state index < -0.39 is 11.4 Å². The van der Waals surface area contributed by atoms with E-state index in [4.69, 9.17) is 0 Å². The van der Waals surface area contributed by atoms with Crippen LogP contribution in [0.3, 0.4) is 0 Å². The van der Waals surface area contributed by atoms with Crippen LogP contribution >= 0.6 is 15.9 Å². The maximum atomic E-state index is 11.2. The highest BCUT2D eigenvalue weighted by molar-refractivity contribution is 9.10. The van der Waals surface area contributed by atoms with Crippen LogP contribution in [0.1, 0.15) is 18.4 Å². The molecule has 1 aromatic rings. The first-order valence-corrected chi connectivity index (χ1v) is 5.97. The third kappa shape index (κ3) is 1.71. The summed E-state index contributed by atoms with van der Waals surface area (Å²) in [5.74, 6) is -0.711. The summed E-state index contributed by atoms with van der Waals surface area (Å²) >= 11 is 3.48. The van der Waals surface area contributed by atoms with Gasteiger partial charge in [-0.1, -0.05) is 6.07 Å². The molecular weight excluding hydrogens is 270 g/mol. The fraction of sp³-hybridized carbons (Fsp3) is 0.417. The summed E-state index contributed by atoms with van der Waals surface area (Å²) in [6, 6.07) is 5.81. The van der Waals surface area contributed by atoms with Crippen LogP contribution in [-0.2, 0) is 10.2 Å². The predicted octanol–water partition coefficient (Wildman–Crippen LogP) is 2.63. The number of carboxylic acid groups (broad SMARTS) is 1. The van der Waals surface area contributed by atoms with Crippen LogP contribution in [0.2, 0.25) is 0 Å². The largest absolute Gasteiger partial charge is 0.481 e. The Hall–Kier alpha value is -1.03. The second-order valence-corrected chi connectivity index (χ2v) is 5.30. The lowest BCUT2D eigenvalue weighted by Gasteiger charge is -2.17. The SMILES string of the molecule is CN(C)c1ccc(C2(C(=O)O)CC2)cc1Br. The number of anilines is 1. The number of hydrogen-bond donors (Lipinski definition) is 1. The Kier molecular flexibility index (Phi) is 2.70. The minimum Gasteiger partial charge on any atom is -0.481 e. The molecule has 0 bridgehead atoms. The van der Waals surface area contributed by atoms with E-state index in [0.29, 0.717) is 0 Å². The number of rotatable bonds is 3. The van der Waals surface area contributed by atoms with Crippen LogP contribution in [0.4, 0.5) is 5.69 Å². The van der Waals surface area contributed by atoms with Crippen LogP contribution in [0.15, 0.2) is 22.7 Å². The van der Waals surface area contributed by atoms with Crippen LogP contribution in [0.5, 0.6) is 0 Å². The molecule has 0 aliphatic heterocycles. The molecule has 0 unspecified atom stereocenters. The maximum Gasteiger partial charge on any atom is 0.314 e. The second kappa shape index (κ2) is 3.77. The average Bonchev–Trinajstić information content (AvgIpc) is 2.97. The lowest BCUT2D eigenvalue weighted by molar-refractivity contribution is -0.140. The van der Waals surface area contributed by atoms with E-state index in [2.05, 4.69) is 15.9 Å². The van der Waals surface area contributed by atoms with Gasteiger partial charge < -0.3 is 10.0 Å². The summed E-state index contributed by atoms with van der Waals surface area (Å²) in [4.78, 5) is 13.2. The third-order valence-electron chi connectivity index (χ3n) is 3.14. The van der Waals surface area contributed by atoms with Crippen LogP contribution in [-0.4, -0.2) is 25.2 Å². The zero-order chi connectivity index (χ0) is 11.9. The summed E-state index contributed by atoms with van der Waals surface area (Å²) in [5, 5.41) is 9.20. The van der Waals surface area contributed by atoms with Gasteiger partial charge in [0.2, 0.25) is 0 Å².